The number of para-hydroxylation sites is 1. The lowest BCUT2D eigenvalue weighted by molar-refractivity contribution is -0.384. The number of nitro groups is 1. The molecule has 1 aromatic heterocycles. The van der Waals surface area contributed by atoms with Crippen LogP contribution in [-0.4, -0.2) is 34.8 Å². The topological polar surface area (TPSA) is 127 Å². The number of hydrogen-bond acceptors (Lipinski definition) is 8. The van der Waals surface area contributed by atoms with Crippen LogP contribution < -0.4 is 24.3 Å². The number of non-ortho nitro benzene ring substituents is 1. The number of amides is 1. The summed E-state index contributed by atoms with van der Waals surface area (Å²) in [6, 6.07) is 18.0. The first kappa shape index (κ1) is 25.0. The number of anilines is 1. The van der Waals surface area contributed by atoms with Gasteiger partial charge in [-0.1, -0.05) is 18.2 Å². The van der Waals surface area contributed by atoms with Crippen molar-refractivity contribution in [3.8, 4) is 28.7 Å². The predicted octanol–water partition coefficient (Wildman–Crippen LogP) is 5.20. The number of methoxy groups -OCH3 is 2. The maximum Gasteiger partial charge on any atom is 0.276 e. The molecule has 3 aromatic carbocycles. The van der Waals surface area contributed by atoms with E-state index in [9.17, 15) is 14.9 Å². The number of hydrogen-bond donors (Lipinski definition) is 1. The van der Waals surface area contributed by atoms with Crippen LogP contribution in [0.1, 0.15) is 16.1 Å². The number of nitro benzene ring substituents is 1. The molecular formula is C26H24N4O7. The summed E-state index contributed by atoms with van der Waals surface area (Å²) in [5.74, 6) is 1.53. The van der Waals surface area contributed by atoms with E-state index in [-0.39, 0.29) is 29.5 Å². The fourth-order valence-electron chi connectivity index (χ4n) is 3.47. The van der Waals surface area contributed by atoms with Gasteiger partial charge in [0, 0.05) is 18.3 Å². The van der Waals surface area contributed by atoms with Gasteiger partial charge in [-0.3, -0.25) is 14.9 Å². The summed E-state index contributed by atoms with van der Waals surface area (Å²) in [7, 11) is 3.03. The number of ether oxygens (including phenoxy) is 4. The zero-order valence-corrected chi connectivity index (χ0v) is 20.3. The Hall–Kier alpha value is -5.06. The molecule has 4 rings (SSSR count). The lowest BCUT2D eigenvalue weighted by Crippen LogP contribution is -2.14. The van der Waals surface area contributed by atoms with Crippen LogP contribution in [0.4, 0.5) is 11.4 Å². The molecule has 0 aliphatic carbocycles. The number of aromatic nitrogens is 2. The molecule has 0 fully saturated rings. The molecule has 1 heterocycles. The monoisotopic (exact) mass is 504 g/mol. The molecule has 0 unspecified atom stereocenters. The first-order chi connectivity index (χ1) is 17.9. The summed E-state index contributed by atoms with van der Waals surface area (Å²) in [5.41, 5.74) is 1.01. The fourth-order valence-corrected chi connectivity index (χ4v) is 3.47. The Kier molecular flexibility index (Phi) is 7.53. The van der Waals surface area contributed by atoms with Gasteiger partial charge in [0.05, 0.1) is 30.9 Å². The minimum absolute atomic E-state index is 0.0185. The van der Waals surface area contributed by atoms with Gasteiger partial charge in [0.25, 0.3) is 11.6 Å². The van der Waals surface area contributed by atoms with E-state index in [1.165, 1.54) is 43.2 Å². The van der Waals surface area contributed by atoms with Gasteiger partial charge in [-0.2, -0.15) is 5.10 Å². The van der Waals surface area contributed by atoms with Crippen LogP contribution >= 0.6 is 0 Å². The van der Waals surface area contributed by atoms with Gasteiger partial charge in [-0.25, -0.2) is 4.68 Å². The van der Waals surface area contributed by atoms with Crippen molar-refractivity contribution in [3.63, 3.8) is 0 Å². The first-order valence-corrected chi connectivity index (χ1v) is 11.1. The maximum atomic E-state index is 12.8. The standard InChI is InChI=1S/C26H24N4O7/c1-17-6-4-7-20(12-17)37-21-14-18(13-19(15-21)30(32)33)27-26(31)22-10-11-29(28-22)16-36-25-23(34-2)8-5-9-24(25)35-3/h4-15H,16H2,1-3H3,(H,27,31). The Balaban J connectivity index is 1.48. The van der Waals surface area contributed by atoms with Gasteiger partial charge < -0.3 is 24.3 Å². The highest BCUT2D eigenvalue weighted by Gasteiger charge is 2.16. The first-order valence-electron chi connectivity index (χ1n) is 11.1. The Morgan fingerprint density at radius 2 is 1.73 bits per heavy atom. The Morgan fingerprint density at radius 3 is 2.41 bits per heavy atom. The van der Waals surface area contributed by atoms with Crippen LogP contribution in [0.15, 0.2) is 72.9 Å². The third-order valence-electron chi connectivity index (χ3n) is 5.18. The zero-order chi connectivity index (χ0) is 26.4. The van der Waals surface area contributed by atoms with Crippen molar-refractivity contribution in [2.45, 2.75) is 13.7 Å². The van der Waals surface area contributed by atoms with Crippen molar-refractivity contribution >= 4 is 17.3 Å². The molecule has 0 atom stereocenters. The summed E-state index contributed by atoms with van der Waals surface area (Å²) in [4.78, 5) is 23.7. The van der Waals surface area contributed by atoms with E-state index in [1.807, 2.05) is 19.1 Å². The number of nitrogens with zero attached hydrogens (tertiary/aromatic N) is 3. The highest BCUT2D eigenvalue weighted by molar-refractivity contribution is 6.03. The van der Waals surface area contributed by atoms with Crippen LogP contribution in [0.3, 0.4) is 0 Å². The Morgan fingerprint density at radius 1 is 1.00 bits per heavy atom. The molecule has 0 radical (unpaired) electrons. The lowest BCUT2D eigenvalue weighted by atomic mass is 10.2. The normalized spacial score (nSPS) is 10.5. The van der Waals surface area contributed by atoms with Crippen molar-refractivity contribution in [1.82, 2.24) is 9.78 Å². The molecular weight excluding hydrogens is 480 g/mol. The molecule has 1 amide bonds. The number of carbonyl (C=O) groups excluding carboxylic acids is 1. The van der Waals surface area contributed by atoms with Crippen LogP contribution in [0.25, 0.3) is 0 Å². The molecule has 4 aromatic rings. The van der Waals surface area contributed by atoms with E-state index < -0.39 is 10.8 Å². The second kappa shape index (κ2) is 11.1. The fraction of sp³-hybridized carbons (Fsp3) is 0.154. The van der Waals surface area contributed by atoms with Gasteiger partial charge in [0.15, 0.2) is 23.9 Å². The van der Waals surface area contributed by atoms with Crippen LogP contribution in [0.5, 0.6) is 28.7 Å². The minimum atomic E-state index is -0.560. The molecule has 0 aliphatic rings. The maximum absolute atomic E-state index is 12.8. The lowest BCUT2D eigenvalue weighted by Gasteiger charge is -2.13. The van der Waals surface area contributed by atoms with Gasteiger partial charge in [-0.15, -0.1) is 0 Å². The average Bonchev–Trinajstić information content (AvgIpc) is 3.36. The molecule has 0 spiro atoms. The molecule has 11 heteroatoms. The highest BCUT2D eigenvalue weighted by atomic mass is 16.6. The number of carbonyl (C=O) groups is 1. The predicted molar refractivity (Wildman–Crippen MR) is 135 cm³/mol. The quantitative estimate of drug-likeness (QED) is 0.231. The second-order valence-corrected chi connectivity index (χ2v) is 7.85. The average molecular weight is 504 g/mol. The number of rotatable bonds is 10. The van der Waals surface area contributed by atoms with E-state index in [0.29, 0.717) is 23.0 Å². The minimum Gasteiger partial charge on any atom is -0.493 e. The summed E-state index contributed by atoms with van der Waals surface area (Å²) in [5, 5.41) is 18.3. The summed E-state index contributed by atoms with van der Waals surface area (Å²) in [6.45, 7) is 1.89. The molecule has 190 valence electrons. The second-order valence-electron chi connectivity index (χ2n) is 7.85. The zero-order valence-electron chi connectivity index (χ0n) is 20.3. The number of aryl methyl sites for hydroxylation is 1. The van der Waals surface area contributed by atoms with Gasteiger partial charge in [0.1, 0.15) is 11.5 Å². The molecule has 1 N–H and O–H groups in total. The van der Waals surface area contributed by atoms with E-state index >= 15 is 0 Å². The van der Waals surface area contributed by atoms with E-state index in [4.69, 9.17) is 18.9 Å². The van der Waals surface area contributed by atoms with Crippen LogP contribution in [-0.2, 0) is 6.73 Å². The van der Waals surface area contributed by atoms with E-state index in [0.717, 1.165) is 5.56 Å². The molecule has 0 bridgehead atoms. The van der Waals surface area contributed by atoms with Crippen molar-refractivity contribution in [2.24, 2.45) is 0 Å². The highest BCUT2D eigenvalue weighted by Crippen LogP contribution is 2.37. The summed E-state index contributed by atoms with van der Waals surface area (Å²) >= 11 is 0. The molecule has 0 aliphatic heterocycles. The van der Waals surface area contributed by atoms with Gasteiger partial charge in [-0.05, 0) is 42.8 Å². The number of benzene rings is 3. The summed E-state index contributed by atoms with van der Waals surface area (Å²) in [6.07, 6.45) is 1.57. The molecule has 11 nitrogen and oxygen atoms in total. The van der Waals surface area contributed by atoms with E-state index in [2.05, 4.69) is 10.4 Å². The molecule has 0 saturated heterocycles. The van der Waals surface area contributed by atoms with Crippen molar-refractivity contribution < 1.29 is 28.7 Å². The summed E-state index contributed by atoms with van der Waals surface area (Å²) < 4.78 is 23.6. The van der Waals surface area contributed by atoms with E-state index in [1.54, 1.807) is 36.5 Å². The van der Waals surface area contributed by atoms with Gasteiger partial charge >= 0.3 is 0 Å². The van der Waals surface area contributed by atoms with Crippen molar-refractivity contribution in [1.29, 1.82) is 0 Å². The third-order valence-corrected chi connectivity index (χ3v) is 5.18. The number of nitrogens with one attached hydrogen (secondary N) is 1. The third kappa shape index (κ3) is 6.14. The smallest absolute Gasteiger partial charge is 0.276 e. The van der Waals surface area contributed by atoms with Gasteiger partial charge in [0.2, 0.25) is 5.75 Å². The Labute approximate surface area is 212 Å². The van der Waals surface area contributed by atoms with Crippen molar-refractivity contribution in [3.05, 3.63) is 94.3 Å². The van der Waals surface area contributed by atoms with Crippen LogP contribution in [0.2, 0.25) is 0 Å². The van der Waals surface area contributed by atoms with Crippen LogP contribution in [0, 0.1) is 17.0 Å². The largest absolute Gasteiger partial charge is 0.493 e. The van der Waals surface area contributed by atoms with Crippen molar-refractivity contribution in [2.75, 3.05) is 19.5 Å². The Bertz CT molecular complexity index is 1410. The SMILES string of the molecule is COc1cccc(OC)c1OCn1ccc(C(=O)Nc2cc(Oc3cccc(C)c3)cc([N+](=O)[O-])c2)n1. The molecule has 0 saturated carbocycles. The molecule has 37 heavy (non-hydrogen) atoms.